The Morgan fingerprint density at radius 2 is 2.23 bits per heavy atom. The maximum Gasteiger partial charge on any atom is 0.410 e. The van der Waals surface area contributed by atoms with Gasteiger partial charge in [-0.15, -0.1) is 0 Å². The molecule has 0 spiro atoms. The van der Waals surface area contributed by atoms with E-state index in [0.29, 0.717) is 6.04 Å². The van der Waals surface area contributed by atoms with E-state index in [2.05, 4.69) is 35.3 Å². The summed E-state index contributed by atoms with van der Waals surface area (Å²) < 4.78 is 7.64. The fraction of sp³-hybridized carbons (Fsp3) is 0.706. The van der Waals surface area contributed by atoms with Crippen LogP contribution in [0.4, 0.5) is 4.79 Å². The van der Waals surface area contributed by atoms with Crippen LogP contribution < -0.4 is 5.32 Å². The third-order valence-corrected chi connectivity index (χ3v) is 3.73. The Labute approximate surface area is 133 Å². The number of ether oxygens (including phenoxy) is 1. The van der Waals surface area contributed by atoms with Crippen LogP contribution in [0.25, 0.3) is 0 Å². The normalized spacial score (nSPS) is 18.7. The van der Waals surface area contributed by atoms with Gasteiger partial charge in [0.25, 0.3) is 0 Å². The standard InChI is InChI=1S/C17H29N3O2/c1-5-8-19-9-6-14(12-19)11-18-15-7-10-20(13-15)16(21)22-17(2,3)4/h6,9,12,15,18H,5,7-8,10-11,13H2,1-4H3. The number of rotatable bonds is 5. The third kappa shape index (κ3) is 5.05. The number of nitrogens with one attached hydrogen (secondary N) is 1. The molecule has 5 heteroatoms. The van der Waals surface area contributed by atoms with E-state index in [1.807, 2.05) is 20.8 Å². The number of likely N-dealkylation sites (tertiary alicyclic amines) is 1. The van der Waals surface area contributed by atoms with E-state index in [9.17, 15) is 4.79 Å². The van der Waals surface area contributed by atoms with Crippen molar-refractivity contribution in [1.82, 2.24) is 14.8 Å². The smallest absolute Gasteiger partial charge is 0.410 e. The number of aromatic nitrogens is 1. The first-order valence-electron chi connectivity index (χ1n) is 8.23. The van der Waals surface area contributed by atoms with Crippen molar-refractivity contribution in [2.75, 3.05) is 13.1 Å². The number of carbonyl (C=O) groups excluding carboxylic acids is 1. The van der Waals surface area contributed by atoms with Crippen molar-refractivity contribution in [2.24, 2.45) is 0 Å². The first kappa shape index (κ1) is 16.9. The summed E-state index contributed by atoms with van der Waals surface area (Å²) in [5, 5.41) is 3.54. The lowest BCUT2D eigenvalue weighted by Gasteiger charge is -2.24. The lowest BCUT2D eigenvalue weighted by atomic mass is 10.2. The van der Waals surface area contributed by atoms with Crippen molar-refractivity contribution in [3.05, 3.63) is 24.0 Å². The zero-order valence-corrected chi connectivity index (χ0v) is 14.3. The molecule has 2 heterocycles. The van der Waals surface area contributed by atoms with Crippen LogP contribution in [0.3, 0.4) is 0 Å². The van der Waals surface area contributed by atoms with Crippen LogP contribution in [0.15, 0.2) is 18.5 Å². The molecule has 1 aromatic heterocycles. The summed E-state index contributed by atoms with van der Waals surface area (Å²) in [5.41, 5.74) is 0.870. The SMILES string of the molecule is CCCn1ccc(CNC2CCN(C(=O)OC(C)(C)C)C2)c1. The van der Waals surface area contributed by atoms with Crippen molar-refractivity contribution in [1.29, 1.82) is 0 Å². The highest BCUT2D eigenvalue weighted by Gasteiger charge is 2.29. The second-order valence-corrected chi connectivity index (χ2v) is 7.05. The van der Waals surface area contributed by atoms with Gasteiger partial charge in [0.1, 0.15) is 5.60 Å². The van der Waals surface area contributed by atoms with Crippen LogP contribution in [-0.4, -0.2) is 40.3 Å². The first-order chi connectivity index (χ1) is 10.4. The summed E-state index contributed by atoms with van der Waals surface area (Å²) in [5.74, 6) is 0. The molecule has 0 aliphatic carbocycles. The molecule has 0 radical (unpaired) electrons. The van der Waals surface area contributed by atoms with Gasteiger partial charge in [-0.3, -0.25) is 0 Å². The Morgan fingerprint density at radius 3 is 2.91 bits per heavy atom. The summed E-state index contributed by atoms with van der Waals surface area (Å²) in [4.78, 5) is 13.8. The van der Waals surface area contributed by atoms with Gasteiger partial charge < -0.3 is 19.5 Å². The molecule has 0 bridgehead atoms. The van der Waals surface area contributed by atoms with Gasteiger partial charge in [-0.2, -0.15) is 0 Å². The molecule has 2 rings (SSSR count). The largest absolute Gasteiger partial charge is 0.444 e. The number of amides is 1. The molecule has 1 saturated heterocycles. The Hall–Kier alpha value is -1.49. The highest BCUT2D eigenvalue weighted by atomic mass is 16.6. The molecule has 1 fully saturated rings. The van der Waals surface area contributed by atoms with Crippen molar-refractivity contribution in [2.45, 2.75) is 65.3 Å². The van der Waals surface area contributed by atoms with Crippen molar-refractivity contribution in [3.63, 3.8) is 0 Å². The summed E-state index contributed by atoms with van der Waals surface area (Å²) >= 11 is 0. The fourth-order valence-electron chi connectivity index (χ4n) is 2.67. The highest BCUT2D eigenvalue weighted by molar-refractivity contribution is 5.68. The molecule has 1 atom stereocenters. The quantitative estimate of drug-likeness (QED) is 0.909. The summed E-state index contributed by atoms with van der Waals surface area (Å²) in [6, 6.07) is 2.51. The Bertz CT molecular complexity index is 490. The van der Waals surface area contributed by atoms with E-state index in [4.69, 9.17) is 4.74 Å². The van der Waals surface area contributed by atoms with Gasteiger partial charge in [-0.05, 0) is 45.2 Å². The number of aryl methyl sites for hydroxylation is 1. The molecule has 0 aromatic carbocycles. The van der Waals surface area contributed by atoms with E-state index >= 15 is 0 Å². The molecular weight excluding hydrogens is 278 g/mol. The van der Waals surface area contributed by atoms with Gasteiger partial charge in [0.05, 0.1) is 0 Å². The monoisotopic (exact) mass is 307 g/mol. The van der Waals surface area contributed by atoms with Crippen LogP contribution in [0, 0.1) is 0 Å². The third-order valence-electron chi connectivity index (χ3n) is 3.73. The topological polar surface area (TPSA) is 46.5 Å². The van der Waals surface area contributed by atoms with Crippen LogP contribution in [0.5, 0.6) is 0 Å². The Kier molecular flexibility index (Phi) is 5.51. The van der Waals surface area contributed by atoms with Crippen molar-refractivity contribution >= 4 is 6.09 Å². The summed E-state index contributed by atoms with van der Waals surface area (Å²) in [6.45, 7) is 11.3. The maximum atomic E-state index is 12.0. The van der Waals surface area contributed by atoms with Gasteiger partial charge >= 0.3 is 6.09 Å². The minimum absolute atomic E-state index is 0.203. The van der Waals surface area contributed by atoms with Gasteiger partial charge in [0.2, 0.25) is 0 Å². The van der Waals surface area contributed by atoms with Crippen LogP contribution in [0.2, 0.25) is 0 Å². The molecule has 1 N–H and O–H groups in total. The van der Waals surface area contributed by atoms with Crippen LogP contribution in [0.1, 0.15) is 46.1 Å². The van der Waals surface area contributed by atoms with Gasteiger partial charge in [-0.1, -0.05) is 6.92 Å². The van der Waals surface area contributed by atoms with E-state index in [0.717, 1.165) is 39.0 Å². The predicted octanol–water partition coefficient (Wildman–Crippen LogP) is 3.00. The van der Waals surface area contributed by atoms with Gasteiger partial charge in [0, 0.05) is 44.6 Å². The number of hydrogen-bond donors (Lipinski definition) is 1. The molecule has 1 aromatic rings. The zero-order valence-electron chi connectivity index (χ0n) is 14.3. The van der Waals surface area contributed by atoms with Gasteiger partial charge in [-0.25, -0.2) is 4.79 Å². The second-order valence-electron chi connectivity index (χ2n) is 7.05. The lowest BCUT2D eigenvalue weighted by molar-refractivity contribution is 0.0291. The molecule has 124 valence electrons. The van der Waals surface area contributed by atoms with Crippen molar-refractivity contribution < 1.29 is 9.53 Å². The van der Waals surface area contributed by atoms with E-state index in [-0.39, 0.29) is 6.09 Å². The first-order valence-corrected chi connectivity index (χ1v) is 8.23. The molecule has 1 unspecified atom stereocenters. The van der Waals surface area contributed by atoms with E-state index in [1.165, 1.54) is 5.56 Å². The molecule has 22 heavy (non-hydrogen) atoms. The number of hydrogen-bond acceptors (Lipinski definition) is 3. The maximum absolute atomic E-state index is 12.0. The minimum Gasteiger partial charge on any atom is -0.444 e. The number of nitrogens with zero attached hydrogens (tertiary/aromatic N) is 2. The average molecular weight is 307 g/mol. The molecule has 5 nitrogen and oxygen atoms in total. The highest BCUT2D eigenvalue weighted by Crippen LogP contribution is 2.15. The second kappa shape index (κ2) is 7.18. The van der Waals surface area contributed by atoms with E-state index in [1.54, 1.807) is 4.90 Å². The molecule has 1 aliphatic heterocycles. The molecule has 0 saturated carbocycles. The van der Waals surface area contributed by atoms with Crippen molar-refractivity contribution in [3.8, 4) is 0 Å². The molecular formula is C17H29N3O2. The van der Waals surface area contributed by atoms with Gasteiger partial charge in [0.15, 0.2) is 0 Å². The zero-order chi connectivity index (χ0) is 16.2. The predicted molar refractivity (Wildman–Crippen MR) is 87.8 cm³/mol. The molecule has 1 amide bonds. The molecule has 1 aliphatic rings. The van der Waals surface area contributed by atoms with E-state index < -0.39 is 5.60 Å². The Balaban J connectivity index is 1.75. The summed E-state index contributed by atoms with van der Waals surface area (Å²) in [7, 11) is 0. The van der Waals surface area contributed by atoms with Crippen LogP contribution >= 0.6 is 0 Å². The lowest BCUT2D eigenvalue weighted by Crippen LogP contribution is -2.38. The number of carbonyl (C=O) groups is 1. The van der Waals surface area contributed by atoms with Crippen LogP contribution in [-0.2, 0) is 17.8 Å². The minimum atomic E-state index is -0.426. The summed E-state index contributed by atoms with van der Waals surface area (Å²) in [6.07, 6.45) is 6.24. The Morgan fingerprint density at radius 1 is 1.45 bits per heavy atom. The average Bonchev–Trinajstić information content (AvgIpc) is 3.03. The fourth-order valence-corrected chi connectivity index (χ4v) is 2.67.